The number of nitrogens with zero attached hydrogens (tertiary/aromatic N) is 7. The van der Waals surface area contributed by atoms with Crippen molar-refractivity contribution < 1.29 is 37.1 Å². The summed E-state index contributed by atoms with van der Waals surface area (Å²) in [4.78, 5) is 65.9. The molecule has 1 saturated carbocycles. The maximum absolute atomic E-state index is 15.3. The van der Waals surface area contributed by atoms with Gasteiger partial charge in [0.05, 0.1) is 37.1 Å². The van der Waals surface area contributed by atoms with Crippen molar-refractivity contribution in [1.29, 1.82) is 0 Å². The minimum atomic E-state index is -3.58. The van der Waals surface area contributed by atoms with E-state index in [1.165, 1.54) is 26.4 Å². The van der Waals surface area contributed by atoms with Gasteiger partial charge in [0.15, 0.2) is 5.82 Å². The number of nitrogens with one attached hydrogen (secondary N) is 3. The molecule has 2 aromatic carbocycles. The van der Waals surface area contributed by atoms with Gasteiger partial charge in [-0.3, -0.25) is 34.8 Å². The van der Waals surface area contributed by atoms with Crippen molar-refractivity contribution >= 4 is 52.5 Å². The van der Waals surface area contributed by atoms with Crippen LogP contribution in [0.15, 0.2) is 42.6 Å². The molecular formula is C44H55F3N10O5. The Morgan fingerprint density at radius 2 is 1.71 bits per heavy atom. The van der Waals surface area contributed by atoms with Gasteiger partial charge < -0.3 is 24.8 Å². The maximum Gasteiger partial charge on any atom is 0.342 e. The highest BCUT2D eigenvalue weighted by molar-refractivity contribution is 6.02. The van der Waals surface area contributed by atoms with Crippen LogP contribution in [-0.2, 0) is 14.4 Å². The molecule has 5 aliphatic rings. The molecule has 8 rings (SSSR count). The van der Waals surface area contributed by atoms with Gasteiger partial charge in [-0.05, 0) is 79.8 Å². The van der Waals surface area contributed by atoms with Crippen molar-refractivity contribution in [2.75, 3.05) is 86.5 Å². The summed E-state index contributed by atoms with van der Waals surface area (Å²) in [6.45, 7) is 6.88. The average Bonchev–Trinajstić information content (AvgIpc) is 3.79. The highest BCUT2D eigenvalue weighted by Crippen LogP contribution is 2.40. The van der Waals surface area contributed by atoms with Crippen LogP contribution in [-0.4, -0.2) is 122 Å². The molecule has 0 spiro atoms. The highest BCUT2D eigenvalue weighted by Gasteiger charge is 2.49. The van der Waals surface area contributed by atoms with Gasteiger partial charge in [-0.1, -0.05) is 25.8 Å². The second kappa shape index (κ2) is 18.1. The van der Waals surface area contributed by atoms with E-state index in [0.717, 1.165) is 63.1 Å². The quantitative estimate of drug-likeness (QED) is 0.221. The number of benzene rings is 2. The van der Waals surface area contributed by atoms with E-state index in [9.17, 15) is 19.2 Å². The molecule has 3 saturated heterocycles. The number of hydrazine groups is 1. The third-order valence-electron chi connectivity index (χ3n) is 13.3. The number of piperazine rings is 1. The van der Waals surface area contributed by atoms with Crippen LogP contribution in [0.4, 0.5) is 42.0 Å². The Balaban J connectivity index is 0.815. The fraction of sp³-hybridized carbons (Fsp3) is 0.545. The number of halogens is 3. The van der Waals surface area contributed by atoms with Crippen molar-refractivity contribution in [3.8, 4) is 5.75 Å². The monoisotopic (exact) mass is 860 g/mol. The number of alkyl halides is 2. The molecule has 332 valence electrons. The van der Waals surface area contributed by atoms with Gasteiger partial charge in [0.1, 0.15) is 17.3 Å². The van der Waals surface area contributed by atoms with E-state index in [0.29, 0.717) is 72.7 Å². The van der Waals surface area contributed by atoms with Crippen LogP contribution in [0.5, 0.6) is 5.75 Å². The molecule has 4 aliphatic heterocycles. The Morgan fingerprint density at radius 3 is 2.40 bits per heavy atom. The van der Waals surface area contributed by atoms with E-state index in [4.69, 9.17) is 4.74 Å². The molecule has 3 N–H and O–H groups in total. The number of fused-ring (bicyclic) bond motifs is 1. The molecule has 4 fully saturated rings. The minimum absolute atomic E-state index is 0.138. The van der Waals surface area contributed by atoms with E-state index >= 15 is 13.2 Å². The molecule has 0 radical (unpaired) electrons. The summed E-state index contributed by atoms with van der Waals surface area (Å²) in [6.07, 6.45) is 7.17. The molecule has 15 nitrogen and oxygen atoms in total. The summed E-state index contributed by atoms with van der Waals surface area (Å²) in [5.74, 6) is -4.99. The summed E-state index contributed by atoms with van der Waals surface area (Å²) >= 11 is 0. The number of methoxy groups -OCH3 is 1. The molecule has 1 aromatic heterocycles. The first-order valence-corrected chi connectivity index (χ1v) is 21.7. The van der Waals surface area contributed by atoms with Crippen molar-refractivity contribution in [3.63, 3.8) is 0 Å². The molecule has 18 heteroatoms. The van der Waals surface area contributed by atoms with Gasteiger partial charge in [-0.2, -0.15) is 13.8 Å². The third-order valence-corrected chi connectivity index (χ3v) is 13.3. The number of anilines is 5. The molecule has 4 amide bonds. The molecule has 62 heavy (non-hydrogen) atoms. The predicted molar refractivity (Wildman–Crippen MR) is 227 cm³/mol. The van der Waals surface area contributed by atoms with Crippen LogP contribution in [0, 0.1) is 17.7 Å². The van der Waals surface area contributed by atoms with E-state index in [1.54, 1.807) is 35.2 Å². The van der Waals surface area contributed by atoms with E-state index in [-0.39, 0.29) is 53.5 Å². The van der Waals surface area contributed by atoms with Crippen LogP contribution in [0.1, 0.15) is 80.1 Å². The van der Waals surface area contributed by atoms with Gasteiger partial charge in [0.25, 0.3) is 11.8 Å². The fourth-order valence-corrected chi connectivity index (χ4v) is 9.68. The summed E-state index contributed by atoms with van der Waals surface area (Å²) in [7, 11) is 2.80. The number of aromatic nitrogens is 2. The third kappa shape index (κ3) is 9.16. The first-order chi connectivity index (χ1) is 29.8. The van der Waals surface area contributed by atoms with Gasteiger partial charge in [-0.25, -0.2) is 14.4 Å². The van der Waals surface area contributed by atoms with Gasteiger partial charge >= 0.3 is 5.92 Å². The molecule has 0 bridgehead atoms. The number of imide groups is 1. The second-order valence-electron chi connectivity index (χ2n) is 17.3. The summed E-state index contributed by atoms with van der Waals surface area (Å²) in [5.41, 5.74) is 5.25. The summed E-state index contributed by atoms with van der Waals surface area (Å²) < 4.78 is 51.0. The Hall–Kier alpha value is -5.49. The van der Waals surface area contributed by atoms with E-state index in [1.807, 2.05) is 5.01 Å². The van der Waals surface area contributed by atoms with Crippen LogP contribution in [0.25, 0.3) is 0 Å². The first-order valence-electron chi connectivity index (χ1n) is 21.7. The minimum Gasteiger partial charge on any atom is -0.495 e. The Kier molecular flexibility index (Phi) is 12.6. The van der Waals surface area contributed by atoms with Crippen LogP contribution >= 0.6 is 0 Å². The number of rotatable bonds is 11. The smallest absolute Gasteiger partial charge is 0.342 e. The largest absolute Gasteiger partial charge is 0.495 e. The van der Waals surface area contributed by atoms with Crippen LogP contribution < -0.4 is 35.5 Å². The zero-order valence-corrected chi connectivity index (χ0v) is 35.5. The van der Waals surface area contributed by atoms with E-state index in [2.05, 4.69) is 42.8 Å². The topological polar surface area (TPSA) is 156 Å². The normalized spacial score (nSPS) is 22.3. The lowest BCUT2D eigenvalue weighted by Gasteiger charge is -2.40. The number of piperidine rings is 2. The van der Waals surface area contributed by atoms with Crippen LogP contribution in [0.3, 0.4) is 0 Å². The van der Waals surface area contributed by atoms with Gasteiger partial charge in [-0.15, -0.1) is 0 Å². The van der Waals surface area contributed by atoms with Crippen molar-refractivity contribution in [1.82, 2.24) is 30.6 Å². The van der Waals surface area contributed by atoms with Crippen molar-refractivity contribution in [2.45, 2.75) is 76.2 Å². The van der Waals surface area contributed by atoms with E-state index < -0.39 is 24.3 Å². The predicted octanol–water partition coefficient (Wildman–Crippen LogP) is 5.06. The maximum atomic E-state index is 15.3. The van der Waals surface area contributed by atoms with Crippen molar-refractivity contribution in [2.24, 2.45) is 11.8 Å². The number of carbonyl (C=O) groups is 4. The molecule has 3 aromatic rings. The Morgan fingerprint density at radius 1 is 0.968 bits per heavy atom. The molecule has 1 unspecified atom stereocenters. The molecule has 5 heterocycles. The lowest BCUT2D eigenvalue weighted by molar-refractivity contribution is -0.140. The number of carbonyl (C=O) groups excluding carboxylic acids is 4. The average molecular weight is 861 g/mol. The number of amides is 4. The summed E-state index contributed by atoms with van der Waals surface area (Å²) in [6, 6.07) is 9.79. The summed E-state index contributed by atoms with van der Waals surface area (Å²) in [5, 5.41) is 7.42. The van der Waals surface area contributed by atoms with Gasteiger partial charge in [0, 0.05) is 70.9 Å². The number of hydrogen-bond acceptors (Lipinski definition) is 12. The first kappa shape index (κ1) is 43.2. The standard InChI is InChI=1S/C44H55F3N10O5/c1-27(25-54-18-20-55(21-19-54)35-12-9-29(22-33(35)45)32-10-13-38(58)50-41(32)60)28-14-16-56(17-15-28)52-40(59)30-8-11-34(37(23-30)62-3)49-43-48-24-36-39(51-43)57(31-6-4-5-7-31)26-44(46,47)42(61)53(36)2/h8-9,11-12,22-24,27-28,31-32H,4-7,10,13-21,25-26H2,1-3H3,(H,52,59)(H,48,49,51)(H,50,58,60)/t27-,32?/m0/s1. The lowest BCUT2D eigenvalue weighted by atomic mass is 9.85. The van der Waals surface area contributed by atoms with Gasteiger partial charge in [0.2, 0.25) is 17.8 Å². The number of hydrogen-bond donors (Lipinski definition) is 3. The Labute approximate surface area is 359 Å². The fourth-order valence-electron chi connectivity index (χ4n) is 9.68. The second-order valence-corrected chi connectivity index (χ2v) is 17.3. The van der Waals surface area contributed by atoms with Crippen LogP contribution in [0.2, 0.25) is 0 Å². The SMILES string of the molecule is COc1cc(C(=O)NN2CCC([C@@H](C)CN3CCN(c4ccc(C5CCC(=O)NC5=O)cc4F)CC3)CC2)ccc1Nc1ncc2c(n1)N(C1CCCC1)CC(F)(F)C(=O)N2C. The molecule has 1 aliphatic carbocycles. The zero-order chi connectivity index (χ0) is 43.7. The van der Waals surface area contributed by atoms with Crippen molar-refractivity contribution in [3.05, 3.63) is 59.5 Å². The highest BCUT2D eigenvalue weighted by atomic mass is 19.3. The zero-order valence-electron chi connectivity index (χ0n) is 35.5. The molecular weight excluding hydrogens is 806 g/mol. The lowest BCUT2D eigenvalue weighted by Crippen LogP contribution is -2.50. The number of ether oxygens (including phenoxy) is 1. The molecule has 2 atom stereocenters. The Bertz CT molecular complexity index is 2170.